The van der Waals surface area contributed by atoms with Gasteiger partial charge in [-0.25, -0.2) is 5.43 Å². The number of hydrazone groups is 1. The molecule has 33 heavy (non-hydrogen) atoms. The summed E-state index contributed by atoms with van der Waals surface area (Å²) in [6.45, 7) is 0.140. The summed E-state index contributed by atoms with van der Waals surface area (Å²) in [5.74, 6) is 0.901. The summed E-state index contributed by atoms with van der Waals surface area (Å²) in [7, 11) is 1.58. The topological polar surface area (TPSA) is 98.2 Å². The van der Waals surface area contributed by atoms with Crippen LogP contribution in [-0.4, -0.2) is 31.9 Å². The van der Waals surface area contributed by atoms with Crippen LogP contribution in [0.15, 0.2) is 83.6 Å². The van der Waals surface area contributed by atoms with E-state index in [1.165, 1.54) is 6.21 Å². The molecule has 0 atom stereocenters. The molecule has 3 aromatic carbocycles. The lowest BCUT2D eigenvalue weighted by molar-refractivity contribution is -0.117. The maximum atomic E-state index is 12.9. The van der Waals surface area contributed by atoms with Crippen molar-refractivity contribution in [3.05, 3.63) is 95.2 Å². The Labute approximate surface area is 190 Å². The van der Waals surface area contributed by atoms with Crippen molar-refractivity contribution in [1.82, 2.24) is 10.7 Å². The number of hydrogen-bond acceptors (Lipinski definition) is 6. The number of carbonyl (C=O) groups excluding carboxylic acids is 2. The lowest BCUT2D eigenvalue weighted by atomic mass is 10.1. The zero-order valence-corrected chi connectivity index (χ0v) is 17.8. The predicted octanol–water partition coefficient (Wildman–Crippen LogP) is 3.35. The third kappa shape index (κ3) is 5.56. The number of amides is 2. The van der Waals surface area contributed by atoms with E-state index >= 15 is 0 Å². The van der Waals surface area contributed by atoms with E-state index in [0.29, 0.717) is 28.4 Å². The van der Waals surface area contributed by atoms with Gasteiger partial charge < -0.3 is 19.5 Å². The zero-order valence-electron chi connectivity index (χ0n) is 17.8. The summed E-state index contributed by atoms with van der Waals surface area (Å²) in [6, 6.07) is 21.0. The van der Waals surface area contributed by atoms with Gasteiger partial charge in [-0.05, 0) is 65.7 Å². The van der Waals surface area contributed by atoms with Crippen LogP contribution in [0.3, 0.4) is 0 Å². The van der Waals surface area contributed by atoms with Crippen LogP contribution in [0.5, 0.6) is 17.2 Å². The molecular formula is C25H21N3O5. The van der Waals surface area contributed by atoms with Crippen LogP contribution in [0.2, 0.25) is 0 Å². The van der Waals surface area contributed by atoms with E-state index in [2.05, 4.69) is 15.8 Å². The average Bonchev–Trinajstić information content (AvgIpc) is 3.32. The van der Waals surface area contributed by atoms with Crippen molar-refractivity contribution in [3.8, 4) is 17.2 Å². The molecule has 2 amide bonds. The Morgan fingerprint density at radius 2 is 1.67 bits per heavy atom. The van der Waals surface area contributed by atoms with Crippen molar-refractivity contribution in [2.24, 2.45) is 5.10 Å². The number of hydrogen-bond donors (Lipinski definition) is 2. The Bertz CT molecular complexity index is 1200. The van der Waals surface area contributed by atoms with Gasteiger partial charge in [0.2, 0.25) is 6.79 Å². The molecule has 4 rings (SSSR count). The number of rotatable bonds is 7. The molecule has 0 spiro atoms. The van der Waals surface area contributed by atoms with Gasteiger partial charge in [-0.1, -0.05) is 24.3 Å². The molecule has 2 N–H and O–H groups in total. The molecule has 166 valence electrons. The summed E-state index contributed by atoms with van der Waals surface area (Å²) >= 11 is 0. The number of carbonyl (C=O) groups is 2. The lowest BCUT2D eigenvalue weighted by Crippen LogP contribution is -2.32. The first-order chi connectivity index (χ1) is 16.1. The van der Waals surface area contributed by atoms with E-state index in [9.17, 15) is 9.59 Å². The Balaban J connectivity index is 1.53. The maximum Gasteiger partial charge on any atom is 0.287 e. The molecule has 0 fully saturated rings. The highest BCUT2D eigenvalue weighted by Crippen LogP contribution is 2.33. The first kappa shape index (κ1) is 21.6. The SMILES string of the molecule is COc1ccc(/C=N/NC(=O)/C(=C\c2ccc3c(c2)OCO3)NC(=O)c2ccccc2)cc1. The highest BCUT2D eigenvalue weighted by molar-refractivity contribution is 6.05. The number of ether oxygens (including phenoxy) is 3. The number of nitrogens with zero attached hydrogens (tertiary/aromatic N) is 1. The van der Waals surface area contributed by atoms with Gasteiger partial charge in [-0.2, -0.15) is 5.10 Å². The molecule has 0 unspecified atom stereocenters. The Hall–Kier alpha value is -4.59. The van der Waals surface area contributed by atoms with Gasteiger partial charge >= 0.3 is 0 Å². The molecule has 8 heteroatoms. The fraction of sp³-hybridized carbons (Fsp3) is 0.0800. The van der Waals surface area contributed by atoms with Crippen molar-refractivity contribution < 1.29 is 23.8 Å². The molecule has 1 heterocycles. The van der Waals surface area contributed by atoms with Gasteiger partial charge in [0, 0.05) is 5.56 Å². The second kappa shape index (κ2) is 10.1. The van der Waals surface area contributed by atoms with E-state index < -0.39 is 11.8 Å². The largest absolute Gasteiger partial charge is 0.497 e. The normalized spacial score (nSPS) is 12.5. The highest BCUT2D eigenvalue weighted by Gasteiger charge is 2.16. The summed E-state index contributed by atoms with van der Waals surface area (Å²) in [5.41, 5.74) is 4.31. The monoisotopic (exact) mass is 443 g/mol. The van der Waals surface area contributed by atoms with E-state index in [1.54, 1.807) is 86.0 Å². The zero-order chi connectivity index (χ0) is 23.0. The average molecular weight is 443 g/mol. The van der Waals surface area contributed by atoms with E-state index in [0.717, 1.165) is 5.56 Å². The number of nitrogens with one attached hydrogen (secondary N) is 2. The summed E-state index contributed by atoms with van der Waals surface area (Å²) in [4.78, 5) is 25.5. The van der Waals surface area contributed by atoms with Crippen LogP contribution >= 0.6 is 0 Å². The first-order valence-corrected chi connectivity index (χ1v) is 10.1. The fourth-order valence-corrected chi connectivity index (χ4v) is 3.03. The molecule has 0 aliphatic carbocycles. The van der Waals surface area contributed by atoms with Crippen LogP contribution in [0, 0.1) is 0 Å². The van der Waals surface area contributed by atoms with Gasteiger partial charge in [-0.15, -0.1) is 0 Å². The van der Waals surface area contributed by atoms with E-state index in [1.807, 2.05) is 0 Å². The van der Waals surface area contributed by atoms with Crippen molar-refractivity contribution in [2.45, 2.75) is 0 Å². The molecule has 3 aromatic rings. The minimum atomic E-state index is -0.582. The minimum Gasteiger partial charge on any atom is -0.497 e. The quantitative estimate of drug-likeness (QED) is 0.332. The molecule has 1 aliphatic rings. The molecule has 0 aromatic heterocycles. The fourth-order valence-electron chi connectivity index (χ4n) is 3.03. The number of benzene rings is 3. The molecule has 0 saturated heterocycles. The maximum absolute atomic E-state index is 12.9. The van der Waals surface area contributed by atoms with Gasteiger partial charge in [0.25, 0.3) is 11.8 Å². The van der Waals surface area contributed by atoms with Crippen LogP contribution in [0.4, 0.5) is 0 Å². The van der Waals surface area contributed by atoms with Crippen molar-refractivity contribution in [2.75, 3.05) is 13.9 Å². The van der Waals surface area contributed by atoms with Gasteiger partial charge in [-0.3, -0.25) is 9.59 Å². The highest BCUT2D eigenvalue weighted by atomic mass is 16.7. The third-order valence-electron chi connectivity index (χ3n) is 4.73. The third-order valence-corrected chi connectivity index (χ3v) is 4.73. The van der Waals surface area contributed by atoms with Crippen LogP contribution in [0.25, 0.3) is 6.08 Å². The second-order valence-corrected chi connectivity index (χ2v) is 6.96. The van der Waals surface area contributed by atoms with E-state index in [4.69, 9.17) is 14.2 Å². The summed E-state index contributed by atoms with van der Waals surface area (Å²) in [5, 5.41) is 6.66. The molecule has 0 saturated carbocycles. The van der Waals surface area contributed by atoms with Gasteiger partial charge in [0.05, 0.1) is 13.3 Å². The molecule has 0 radical (unpaired) electrons. The Kier molecular flexibility index (Phi) is 6.65. The molecule has 0 bridgehead atoms. The van der Waals surface area contributed by atoms with Crippen LogP contribution in [0.1, 0.15) is 21.5 Å². The Morgan fingerprint density at radius 3 is 2.42 bits per heavy atom. The van der Waals surface area contributed by atoms with Crippen molar-refractivity contribution >= 4 is 24.1 Å². The molecule has 1 aliphatic heterocycles. The van der Waals surface area contributed by atoms with Crippen molar-refractivity contribution in [3.63, 3.8) is 0 Å². The summed E-state index contributed by atoms with van der Waals surface area (Å²) in [6.07, 6.45) is 3.04. The Morgan fingerprint density at radius 1 is 0.939 bits per heavy atom. The number of fused-ring (bicyclic) bond motifs is 1. The van der Waals surface area contributed by atoms with Crippen LogP contribution in [-0.2, 0) is 4.79 Å². The minimum absolute atomic E-state index is 0.0228. The molecular weight excluding hydrogens is 422 g/mol. The predicted molar refractivity (Wildman–Crippen MR) is 123 cm³/mol. The number of methoxy groups -OCH3 is 1. The van der Waals surface area contributed by atoms with E-state index in [-0.39, 0.29) is 12.5 Å². The smallest absolute Gasteiger partial charge is 0.287 e. The first-order valence-electron chi connectivity index (χ1n) is 10.1. The summed E-state index contributed by atoms with van der Waals surface area (Å²) < 4.78 is 15.8. The standard InChI is InChI=1S/C25H21N3O5/c1-31-20-10-7-17(8-11-20)15-26-28-25(30)21(27-24(29)19-5-3-2-4-6-19)13-18-9-12-22-23(14-18)33-16-32-22/h2-15H,16H2,1H3,(H,27,29)(H,28,30)/b21-13+,26-15+. The van der Waals surface area contributed by atoms with Gasteiger partial charge in [0.15, 0.2) is 11.5 Å². The lowest BCUT2D eigenvalue weighted by Gasteiger charge is -2.09. The van der Waals surface area contributed by atoms with Gasteiger partial charge in [0.1, 0.15) is 11.4 Å². The van der Waals surface area contributed by atoms with Crippen LogP contribution < -0.4 is 25.0 Å². The van der Waals surface area contributed by atoms with Crippen molar-refractivity contribution in [1.29, 1.82) is 0 Å². The second-order valence-electron chi connectivity index (χ2n) is 6.96. The molecule has 8 nitrogen and oxygen atoms in total.